The van der Waals surface area contributed by atoms with Gasteiger partial charge < -0.3 is 15.0 Å². The molecule has 0 spiro atoms. The van der Waals surface area contributed by atoms with Crippen LogP contribution in [-0.4, -0.2) is 40.7 Å². The first-order chi connectivity index (χ1) is 15.5. The minimum absolute atomic E-state index is 0.0723. The number of urea groups is 1. The van der Waals surface area contributed by atoms with Crippen molar-refractivity contribution < 1.29 is 9.53 Å². The number of fused-ring (bicyclic) bond motifs is 1. The number of aromatic nitrogens is 2. The number of methoxy groups -OCH3 is 1. The van der Waals surface area contributed by atoms with E-state index in [0.29, 0.717) is 42.8 Å². The Bertz CT molecular complexity index is 1130. The monoisotopic (exact) mass is 436 g/mol. The van der Waals surface area contributed by atoms with Crippen LogP contribution in [0.2, 0.25) is 0 Å². The van der Waals surface area contributed by atoms with Gasteiger partial charge in [-0.05, 0) is 43.5 Å². The first kappa shape index (κ1) is 23.5. The predicted molar refractivity (Wildman–Crippen MR) is 128 cm³/mol. The SMILES string of the molecule is CCCn1c(C(CC)N(CCOC)C(=O)Nc2ccccc2C)nc2ccccc2c1=O. The molecule has 0 aliphatic heterocycles. The molecule has 0 radical (unpaired) electrons. The maximum absolute atomic E-state index is 13.4. The summed E-state index contributed by atoms with van der Waals surface area (Å²) in [6.07, 6.45) is 1.40. The molecule has 170 valence electrons. The maximum Gasteiger partial charge on any atom is 0.322 e. The van der Waals surface area contributed by atoms with Gasteiger partial charge in [-0.25, -0.2) is 9.78 Å². The number of anilines is 1. The van der Waals surface area contributed by atoms with Gasteiger partial charge in [-0.3, -0.25) is 9.36 Å². The van der Waals surface area contributed by atoms with Gasteiger partial charge in [0.25, 0.3) is 5.56 Å². The second-order valence-electron chi connectivity index (χ2n) is 7.80. The van der Waals surface area contributed by atoms with Crippen molar-refractivity contribution in [1.82, 2.24) is 14.5 Å². The highest BCUT2D eigenvalue weighted by Crippen LogP contribution is 2.25. The van der Waals surface area contributed by atoms with Gasteiger partial charge in [-0.1, -0.05) is 44.2 Å². The molecular weight excluding hydrogens is 404 g/mol. The Morgan fingerprint density at radius 3 is 2.56 bits per heavy atom. The van der Waals surface area contributed by atoms with E-state index in [4.69, 9.17) is 9.72 Å². The van der Waals surface area contributed by atoms with E-state index in [0.717, 1.165) is 17.7 Å². The number of carbonyl (C=O) groups is 1. The Hall–Kier alpha value is -3.19. The number of para-hydroxylation sites is 2. The highest BCUT2D eigenvalue weighted by atomic mass is 16.5. The molecular formula is C25H32N4O3. The third kappa shape index (κ3) is 4.99. The molecule has 2 amide bonds. The molecule has 7 heteroatoms. The Kier molecular flexibility index (Phi) is 8.00. The summed E-state index contributed by atoms with van der Waals surface area (Å²) in [5, 5.41) is 3.61. The van der Waals surface area contributed by atoms with Crippen LogP contribution in [-0.2, 0) is 11.3 Å². The summed E-state index contributed by atoms with van der Waals surface area (Å²) in [7, 11) is 1.61. The zero-order valence-corrected chi connectivity index (χ0v) is 19.3. The van der Waals surface area contributed by atoms with Crippen molar-refractivity contribution in [3.05, 3.63) is 70.3 Å². The lowest BCUT2D eigenvalue weighted by Crippen LogP contribution is -2.42. The van der Waals surface area contributed by atoms with Crippen LogP contribution in [0.25, 0.3) is 10.9 Å². The number of rotatable bonds is 9. The molecule has 1 unspecified atom stereocenters. The molecule has 3 rings (SSSR count). The normalized spacial score (nSPS) is 12.0. The quantitative estimate of drug-likeness (QED) is 0.525. The lowest BCUT2D eigenvalue weighted by atomic mass is 10.1. The van der Waals surface area contributed by atoms with E-state index in [2.05, 4.69) is 5.32 Å². The van der Waals surface area contributed by atoms with E-state index >= 15 is 0 Å². The van der Waals surface area contributed by atoms with Gasteiger partial charge in [0, 0.05) is 25.9 Å². The number of hydrogen-bond acceptors (Lipinski definition) is 4. The summed E-state index contributed by atoms with van der Waals surface area (Å²) in [6, 6.07) is 14.4. The molecule has 32 heavy (non-hydrogen) atoms. The highest BCUT2D eigenvalue weighted by Gasteiger charge is 2.28. The number of carbonyl (C=O) groups excluding carboxylic acids is 1. The number of benzene rings is 2. The number of hydrogen-bond donors (Lipinski definition) is 1. The van der Waals surface area contributed by atoms with Crippen LogP contribution >= 0.6 is 0 Å². The number of nitrogens with one attached hydrogen (secondary N) is 1. The van der Waals surface area contributed by atoms with Gasteiger partial charge in [0.15, 0.2) is 0 Å². The van der Waals surface area contributed by atoms with E-state index < -0.39 is 0 Å². The number of aryl methyl sites for hydroxylation is 1. The van der Waals surface area contributed by atoms with Crippen LogP contribution in [0.1, 0.15) is 44.1 Å². The fourth-order valence-corrected chi connectivity index (χ4v) is 3.91. The summed E-state index contributed by atoms with van der Waals surface area (Å²) in [5.74, 6) is 0.606. The zero-order valence-electron chi connectivity index (χ0n) is 19.3. The van der Waals surface area contributed by atoms with Crippen LogP contribution in [0.15, 0.2) is 53.3 Å². The molecule has 7 nitrogen and oxygen atoms in total. The van der Waals surface area contributed by atoms with Gasteiger partial charge in [0.05, 0.1) is 23.6 Å². The average Bonchev–Trinajstić information content (AvgIpc) is 2.80. The van der Waals surface area contributed by atoms with Gasteiger partial charge in [0.2, 0.25) is 0 Å². The number of nitrogens with zero attached hydrogens (tertiary/aromatic N) is 3. The van der Waals surface area contributed by atoms with Crippen molar-refractivity contribution in [3.8, 4) is 0 Å². The summed E-state index contributed by atoms with van der Waals surface area (Å²) < 4.78 is 7.01. The molecule has 1 atom stereocenters. The summed E-state index contributed by atoms with van der Waals surface area (Å²) in [4.78, 5) is 33.3. The van der Waals surface area contributed by atoms with Crippen molar-refractivity contribution in [2.75, 3.05) is 25.6 Å². The third-order valence-electron chi connectivity index (χ3n) is 5.58. The van der Waals surface area contributed by atoms with Crippen LogP contribution in [0, 0.1) is 6.92 Å². The number of ether oxygens (including phenoxy) is 1. The lowest BCUT2D eigenvalue weighted by molar-refractivity contribution is 0.130. The van der Waals surface area contributed by atoms with E-state index in [-0.39, 0.29) is 17.6 Å². The van der Waals surface area contributed by atoms with Gasteiger partial charge in [-0.15, -0.1) is 0 Å². The minimum Gasteiger partial charge on any atom is -0.383 e. The molecule has 1 heterocycles. The Balaban J connectivity index is 2.08. The molecule has 0 saturated heterocycles. The third-order valence-corrected chi connectivity index (χ3v) is 5.58. The zero-order chi connectivity index (χ0) is 23.1. The van der Waals surface area contributed by atoms with E-state index in [1.807, 2.05) is 63.2 Å². The largest absolute Gasteiger partial charge is 0.383 e. The van der Waals surface area contributed by atoms with Crippen molar-refractivity contribution >= 4 is 22.6 Å². The van der Waals surface area contributed by atoms with E-state index in [1.165, 1.54) is 0 Å². The second kappa shape index (κ2) is 10.9. The summed E-state index contributed by atoms with van der Waals surface area (Å²) in [6.45, 7) is 7.28. The van der Waals surface area contributed by atoms with E-state index in [9.17, 15) is 9.59 Å². The smallest absolute Gasteiger partial charge is 0.322 e. The molecule has 0 bridgehead atoms. The molecule has 1 N–H and O–H groups in total. The van der Waals surface area contributed by atoms with E-state index in [1.54, 1.807) is 22.6 Å². The molecule has 0 aliphatic carbocycles. The fourth-order valence-electron chi connectivity index (χ4n) is 3.91. The van der Waals surface area contributed by atoms with Crippen molar-refractivity contribution in [2.45, 2.75) is 46.2 Å². The molecule has 2 aromatic carbocycles. The topological polar surface area (TPSA) is 76.5 Å². The maximum atomic E-state index is 13.4. The predicted octanol–water partition coefficient (Wildman–Crippen LogP) is 4.75. The molecule has 0 saturated carbocycles. The first-order valence-electron chi connectivity index (χ1n) is 11.1. The van der Waals surface area contributed by atoms with Gasteiger partial charge >= 0.3 is 6.03 Å². The minimum atomic E-state index is -0.377. The van der Waals surface area contributed by atoms with Crippen LogP contribution in [0.5, 0.6) is 0 Å². The average molecular weight is 437 g/mol. The first-order valence-corrected chi connectivity index (χ1v) is 11.1. The molecule has 0 aliphatic rings. The number of amides is 2. The Labute approximate surface area is 189 Å². The van der Waals surface area contributed by atoms with Gasteiger partial charge in [-0.2, -0.15) is 0 Å². The molecule has 0 fully saturated rings. The second-order valence-corrected chi connectivity index (χ2v) is 7.80. The Morgan fingerprint density at radius 1 is 1.16 bits per heavy atom. The van der Waals surface area contributed by atoms with Crippen molar-refractivity contribution in [3.63, 3.8) is 0 Å². The lowest BCUT2D eigenvalue weighted by Gasteiger charge is -2.32. The molecule has 1 aromatic heterocycles. The van der Waals surface area contributed by atoms with Crippen molar-refractivity contribution in [1.29, 1.82) is 0 Å². The highest BCUT2D eigenvalue weighted by molar-refractivity contribution is 5.90. The van der Waals surface area contributed by atoms with Gasteiger partial charge in [0.1, 0.15) is 5.82 Å². The fraction of sp³-hybridized carbons (Fsp3) is 0.400. The summed E-state index contributed by atoms with van der Waals surface area (Å²) in [5.41, 5.74) is 2.31. The standard InChI is InChI=1S/C25H32N4O3/c1-5-15-29-23(26-21-14-10-8-12-19(21)24(29)30)22(6-2)28(16-17-32-4)25(31)27-20-13-9-7-11-18(20)3/h7-14,22H,5-6,15-17H2,1-4H3,(H,27,31). The van der Waals surface area contributed by atoms with Crippen molar-refractivity contribution in [2.24, 2.45) is 0 Å². The summed E-state index contributed by atoms with van der Waals surface area (Å²) >= 11 is 0. The molecule has 3 aromatic rings. The van der Waals surface area contributed by atoms with Crippen LogP contribution in [0.4, 0.5) is 10.5 Å². The van der Waals surface area contributed by atoms with Crippen LogP contribution < -0.4 is 10.9 Å². The Morgan fingerprint density at radius 2 is 1.88 bits per heavy atom. The van der Waals surface area contributed by atoms with Crippen LogP contribution in [0.3, 0.4) is 0 Å².